The van der Waals surface area contributed by atoms with E-state index in [4.69, 9.17) is 9.52 Å². The molecule has 84 valence electrons. The van der Waals surface area contributed by atoms with E-state index < -0.39 is 21.7 Å². The maximum absolute atomic E-state index is 11.1. The van der Waals surface area contributed by atoms with Crippen LogP contribution in [0.1, 0.15) is 11.7 Å². The molecule has 2 N–H and O–H groups in total. The van der Waals surface area contributed by atoms with Crippen LogP contribution < -0.4 is 4.72 Å². The van der Waals surface area contributed by atoms with Crippen LogP contribution in [0.15, 0.2) is 10.6 Å². The van der Waals surface area contributed by atoms with Gasteiger partial charge in [-0.2, -0.15) is 0 Å². The zero-order valence-electron chi connectivity index (χ0n) is 7.93. The summed E-state index contributed by atoms with van der Waals surface area (Å²) in [5, 5.41) is 8.29. The Morgan fingerprint density at radius 3 is 2.80 bits per heavy atom. The van der Waals surface area contributed by atoms with Crippen LogP contribution in [0.25, 0.3) is 0 Å². The number of carboxylic acid groups (broad SMARTS) is 1. The quantitative estimate of drug-likeness (QED) is 0.709. The maximum atomic E-state index is 11.1. The van der Waals surface area contributed by atoms with E-state index in [-0.39, 0.29) is 12.4 Å². The summed E-state index contributed by atoms with van der Waals surface area (Å²) in [6.45, 7) is 1.52. The molecule has 0 amide bonds. The molecule has 0 unspecified atom stereocenters. The van der Waals surface area contributed by atoms with Crippen molar-refractivity contribution in [2.45, 2.75) is 13.5 Å². The summed E-state index contributed by atoms with van der Waals surface area (Å²) in [6, 6.07) is 0. The standard InChI is InChI=1S/C7H10N2O5S/c1-5-2-8-6(14-5)3-9-15(12,13)4-7(10)11/h2,9H,3-4H2,1H3,(H,10,11). The first-order chi connectivity index (χ1) is 6.89. The minimum atomic E-state index is -3.82. The Bertz CT molecular complexity index is 450. The van der Waals surface area contributed by atoms with Gasteiger partial charge in [0.25, 0.3) is 0 Å². The molecule has 0 aliphatic heterocycles. The summed E-state index contributed by atoms with van der Waals surface area (Å²) in [7, 11) is -3.82. The molecule has 1 aromatic rings. The largest absolute Gasteiger partial charge is 0.480 e. The zero-order valence-corrected chi connectivity index (χ0v) is 8.74. The molecule has 0 spiro atoms. The van der Waals surface area contributed by atoms with Crippen molar-refractivity contribution in [1.82, 2.24) is 9.71 Å². The molecule has 8 heteroatoms. The SMILES string of the molecule is Cc1cnc(CNS(=O)(=O)CC(=O)O)o1. The molecular formula is C7H10N2O5S. The Kier molecular flexibility index (Phi) is 3.43. The van der Waals surface area contributed by atoms with E-state index in [1.807, 2.05) is 0 Å². The first-order valence-corrected chi connectivity index (χ1v) is 5.65. The first-order valence-electron chi connectivity index (χ1n) is 3.99. The third kappa shape index (κ3) is 4.09. The van der Waals surface area contributed by atoms with E-state index in [1.54, 1.807) is 6.92 Å². The molecule has 1 aromatic heterocycles. The Morgan fingerprint density at radius 1 is 1.67 bits per heavy atom. The van der Waals surface area contributed by atoms with Crippen molar-refractivity contribution >= 4 is 16.0 Å². The van der Waals surface area contributed by atoms with Crippen LogP contribution in [0.4, 0.5) is 0 Å². The summed E-state index contributed by atoms with van der Waals surface area (Å²) >= 11 is 0. The number of hydrogen-bond acceptors (Lipinski definition) is 5. The number of carbonyl (C=O) groups is 1. The molecule has 0 bridgehead atoms. The van der Waals surface area contributed by atoms with Crippen LogP contribution in [-0.2, 0) is 21.4 Å². The van der Waals surface area contributed by atoms with Gasteiger partial charge < -0.3 is 9.52 Å². The average Bonchev–Trinajstić information content (AvgIpc) is 2.46. The smallest absolute Gasteiger partial charge is 0.320 e. The molecule has 0 radical (unpaired) electrons. The maximum Gasteiger partial charge on any atom is 0.320 e. The molecular weight excluding hydrogens is 224 g/mol. The Balaban J connectivity index is 2.53. The number of aryl methyl sites for hydroxylation is 1. The topological polar surface area (TPSA) is 110 Å². The summed E-state index contributed by atoms with van der Waals surface area (Å²) in [4.78, 5) is 13.9. The van der Waals surface area contributed by atoms with E-state index in [0.717, 1.165) is 0 Å². The molecule has 1 heterocycles. The zero-order chi connectivity index (χ0) is 11.5. The van der Waals surface area contributed by atoms with Crippen molar-refractivity contribution < 1.29 is 22.7 Å². The Morgan fingerprint density at radius 2 is 2.33 bits per heavy atom. The van der Waals surface area contributed by atoms with Crippen molar-refractivity contribution in [3.8, 4) is 0 Å². The predicted molar refractivity (Wildman–Crippen MR) is 49.5 cm³/mol. The number of nitrogens with zero attached hydrogens (tertiary/aromatic N) is 1. The van der Waals surface area contributed by atoms with Crippen LogP contribution in [-0.4, -0.2) is 30.2 Å². The van der Waals surface area contributed by atoms with Crippen molar-refractivity contribution in [3.05, 3.63) is 17.8 Å². The number of carboxylic acids is 1. The normalized spacial score (nSPS) is 11.5. The highest BCUT2D eigenvalue weighted by atomic mass is 32.2. The second-order valence-corrected chi connectivity index (χ2v) is 4.65. The predicted octanol–water partition coefficient (Wildman–Crippen LogP) is -0.513. The number of oxazole rings is 1. The fourth-order valence-corrected chi connectivity index (χ4v) is 1.64. The molecule has 0 saturated heterocycles. The number of nitrogens with one attached hydrogen (secondary N) is 1. The lowest BCUT2D eigenvalue weighted by atomic mass is 10.6. The van der Waals surface area contributed by atoms with Crippen molar-refractivity contribution in [3.63, 3.8) is 0 Å². The van der Waals surface area contributed by atoms with Gasteiger partial charge in [-0.25, -0.2) is 18.1 Å². The fraction of sp³-hybridized carbons (Fsp3) is 0.429. The molecule has 0 aromatic carbocycles. The summed E-state index contributed by atoms with van der Waals surface area (Å²) in [6.07, 6.45) is 1.45. The Hall–Kier alpha value is -1.41. The van der Waals surface area contributed by atoms with Gasteiger partial charge in [-0.1, -0.05) is 0 Å². The molecule has 15 heavy (non-hydrogen) atoms. The van der Waals surface area contributed by atoms with Crippen LogP contribution >= 0.6 is 0 Å². The van der Waals surface area contributed by atoms with Gasteiger partial charge in [-0.15, -0.1) is 0 Å². The van der Waals surface area contributed by atoms with Gasteiger partial charge in [-0.05, 0) is 6.92 Å². The first kappa shape index (κ1) is 11.7. The van der Waals surface area contributed by atoms with E-state index in [1.165, 1.54) is 6.20 Å². The number of aliphatic carboxylic acids is 1. The van der Waals surface area contributed by atoms with Gasteiger partial charge in [0, 0.05) is 0 Å². The van der Waals surface area contributed by atoms with Gasteiger partial charge in [0.15, 0.2) is 5.75 Å². The van der Waals surface area contributed by atoms with Crippen LogP contribution in [0, 0.1) is 6.92 Å². The minimum absolute atomic E-state index is 0.149. The molecule has 1 rings (SSSR count). The lowest BCUT2D eigenvalue weighted by Gasteiger charge is -2.00. The van der Waals surface area contributed by atoms with E-state index in [0.29, 0.717) is 5.76 Å². The van der Waals surface area contributed by atoms with Crippen LogP contribution in [0.5, 0.6) is 0 Å². The monoisotopic (exact) mass is 234 g/mol. The van der Waals surface area contributed by atoms with Gasteiger partial charge in [0.05, 0.1) is 12.7 Å². The summed E-state index contributed by atoms with van der Waals surface area (Å²) in [5.41, 5.74) is 0. The molecule has 0 aliphatic carbocycles. The summed E-state index contributed by atoms with van der Waals surface area (Å²) in [5.74, 6) is -1.62. The van der Waals surface area contributed by atoms with E-state index in [2.05, 4.69) is 9.71 Å². The molecule has 0 saturated carbocycles. The fourth-order valence-electron chi connectivity index (χ4n) is 0.868. The highest BCUT2D eigenvalue weighted by Crippen LogP contribution is 2.01. The number of rotatable bonds is 5. The van der Waals surface area contributed by atoms with Crippen LogP contribution in [0.2, 0.25) is 0 Å². The number of aromatic nitrogens is 1. The van der Waals surface area contributed by atoms with E-state index in [9.17, 15) is 13.2 Å². The number of sulfonamides is 1. The van der Waals surface area contributed by atoms with Gasteiger partial charge >= 0.3 is 5.97 Å². The average molecular weight is 234 g/mol. The lowest BCUT2D eigenvalue weighted by Crippen LogP contribution is -2.29. The summed E-state index contributed by atoms with van der Waals surface area (Å²) < 4.78 is 29.2. The molecule has 0 aliphatic rings. The lowest BCUT2D eigenvalue weighted by molar-refractivity contribution is -0.134. The Labute approximate surface area is 86.2 Å². The minimum Gasteiger partial charge on any atom is -0.480 e. The molecule has 0 fully saturated rings. The van der Waals surface area contributed by atoms with Crippen molar-refractivity contribution in [2.24, 2.45) is 0 Å². The molecule has 7 nitrogen and oxygen atoms in total. The third-order valence-corrected chi connectivity index (χ3v) is 2.64. The number of hydrogen-bond donors (Lipinski definition) is 2. The van der Waals surface area contributed by atoms with Crippen molar-refractivity contribution in [2.75, 3.05) is 5.75 Å². The molecule has 0 atom stereocenters. The van der Waals surface area contributed by atoms with Gasteiger partial charge in [-0.3, -0.25) is 4.79 Å². The third-order valence-electron chi connectivity index (χ3n) is 1.43. The van der Waals surface area contributed by atoms with Gasteiger partial charge in [0.1, 0.15) is 5.76 Å². The highest BCUT2D eigenvalue weighted by Gasteiger charge is 2.15. The van der Waals surface area contributed by atoms with Crippen molar-refractivity contribution in [1.29, 1.82) is 0 Å². The van der Waals surface area contributed by atoms with Gasteiger partial charge in [0.2, 0.25) is 15.9 Å². The second-order valence-electron chi connectivity index (χ2n) is 2.84. The second kappa shape index (κ2) is 4.41. The highest BCUT2D eigenvalue weighted by molar-refractivity contribution is 7.90. The van der Waals surface area contributed by atoms with Crippen LogP contribution in [0.3, 0.4) is 0 Å². The van der Waals surface area contributed by atoms with E-state index >= 15 is 0 Å².